The van der Waals surface area contributed by atoms with Crippen molar-refractivity contribution in [3.05, 3.63) is 0 Å². The van der Waals surface area contributed by atoms with Gasteiger partial charge in [-0.1, -0.05) is 0 Å². The van der Waals surface area contributed by atoms with E-state index in [0.29, 0.717) is 25.0 Å². The van der Waals surface area contributed by atoms with E-state index in [0.717, 1.165) is 51.4 Å². The molecule has 0 spiro atoms. The molecule has 0 atom stereocenters. The summed E-state index contributed by atoms with van der Waals surface area (Å²) in [6, 6.07) is 0. The first-order chi connectivity index (χ1) is 11.1. The summed E-state index contributed by atoms with van der Waals surface area (Å²) in [4.78, 5) is 0. The molecule has 0 unspecified atom stereocenters. The highest BCUT2D eigenvalue weighted by Crippen LogP contribution is 2.41. The number of aliphatic hydroxyl groups excluding tert-OH is 4. The largest absolute Gasteiger partial charge is 0.396 e. The quantitative estimate of drug-likeness (QED) is 0.539. The van der Waals surface area contributed by atoms with Gasteiger partial charge in [-0.15, -0.1) is 0 Å². The third-order valence-electron chi connectivity index (χ3n) is 6.34. The lowest BCUT2D eigenvalue weighted by atomic mass is 9.70. The van der Waals surface area contributed by atoms with Crippen molar-refractivity contribution in [2.45, 2.75) is 51.4 Å². The fraction of sp³-hybridized carbons (Fsp3) is 1.00. The molecular weight excluding hydrogens is 296 g/mol. The van der Waals surface area contributed by atoms with Gasteiger partial charge in [0.15, 0.2) is 0 Å². The summed E-state index contributed by atoms with van der Waals surface area (Å²) >= 11 is 0. The van der Waals surface area contributed by atoms with Gasteiger partial charge in [-0.05, 0) is 63.2 Å². The predicted octanol–water partition coefficient (Wildman–Crippen LogP) is 1.33. The molecule has 0 heterocycles. The Kier molecular flexibility index (Phi) is 7.29. The van der Waals surface area contributed by atoms with Gasteiger partial charge >= 0.3 is 0 Å². The van der Waals surface area contributed by atoms with E-state index in [4.69, 9.17) is 4.74 Å². The van der Waals surface area contributed by atoms with E-state index >= 15 is 0 Å². The van der Waals surface area contributed by atoms with Crippen LogP contribution in [-0.4, -0.2) is 60.1 Å². The van der Waals surface area contributed by atoms with Crippen LogP contribution in [-0.2, 0) is 4.74 Å². The van der Waals surface area contributed by atoms with Crippen LogP contribution in [0.4, 0.5) is 0 Å². The van der Waals surface area contributed by atoms with E-state index in [9.17, 15) is 20.4 Å². The molecule has 136 valence electrons. The van der Waals surface area contributed by atoms with Crippen molar-refractivity contribution in [1.29, 1.82) is 0 Å². The summed E-state index contributed by atoms with van der Waals surface area (Å²) < 4.78 is 5.99. The Hall–Kier alpha value is -0.200. The first-order valence-corrected chi connectivity index (χ1v) is 9.12. The Labute approximate surface area is 139 Å². The van der Waals surface area contributed by atoms with Crippen LogP contribution in [0.1, 0.15) is 51.4 Å². The van der Waals surface area contributed by atoms with Gasteiger partial charge in [0.05, 0.1) is 26.4 Å². The molecule has 0 bridgehead atoms. The van der Waals surface area contributed by atoms with E-state index < -0.39 is 0 Å². The molecule has 0 amide bonds. The number of hydrogen-bond donors (Lipinski definition) is 4. The van der Waals surface area contributed by atoms with Crippen LogP contribution in [0, 0.1) is 22.7 Å². The molecule has 5 heteroatoms. The molecule has 2 rings (SSSR count). The molecule has 5 nitrogen and oxygen atoms in total. The lowest BCUT2D eigenvalue weighted by Crippen LogP contribution is -2.40. The van der Waals surface area contributed by atoms with Gasteiger partial charge in [-0.3, -0.25) is 0 Å². The van der Waals surface area contributed by atoms with E-state index in [1.807, 2.05) is 0 Å². The fourth-order valence-corrected chi connectivity index (χ4v) is 4.13. The van der Waals surface area contributed by atoms with Crippen molar-refractivity contribution in [3.63, 3.8) is 0 Å². The lowest BCUT2D eigenvalue weighted by Gasteiger charge is -2.41. The minimum Gasteiger partial charge on any atom is -0.396 e. The van der Waals surface area contributed by atoms with Gasteiger partial charge in [-0.25, -0.2) is 0 Å². The van der Waals surface area contributed by atoms with Crippen molar-refractivity contribution < 1.29 is 25.2 Å². The first-order valence-electron chi connectivity index (χ1n) is 9.12. The molecule has 0 aliphatic heterocycles. The van der Waals surface area contributed by atoms with E-state index in [1.54, 1.807) is 0 Å². The van der Waals surface area contributed by atoms with Gasteiger partial charge in [0.2, 0.25) is 0 Å². The molecule has 2 fully saturated rings. The molecule has 2 aliphatic carbocycles. The normalized spacial score (nSPS) is 38.6. The second-order valence-corrected chi connectivity index (χ2v) is 8.06. The zero-order valence-corrected chi connectivity index (χ0v) is 14.3. The number of hydrogen-bond acceptors (Lipinski definition) is 5. The SMILES string of the molecule is OCC1CCC(CO)(COCC2(CO)CCC(CO)CC2)CC1. The van der Waals surface area contributed by atoms with Crippen LogP contribution in [0.3, 0.4) is 0 Å². The Balaban J connectivity index is 1.80. The summed E-state index contributed by atoms with van der Waals surface area (Å²) in [5.74, 6) is 0.736. The summed E-state index contributed by atoms with van der Waals surface area (Å²) in [6.45, 7) is 1.80. The van der Waals surface area contributed by atoms with Crippen molar-refractivity contribution in [2.24, 2.45) is 22.7 Å². The smallest absolute Gasteiger partial charge is 0.0544 e. The summed E-state index contributed by atoms with van der Waals surface area (Å²) in [5, 5.41) is 38.1. The zero-order valence-electron chi connectivity index (χ0n) is 14.3. The van der Waals surface area contributed by atoms with E-state index in [1.165, 1.54) is 0 Å². The molecule has 2 aliphatic rings. The minimum atomic E-state index is -0.176. The maximum atomic E-state index is 9.81. The Morgan fingerprint density at radius 2 is 1.00 bits per heavy atom. The van der Waals surface area contributed by atoms with Crippen LogP contribution < -0.4 is 0 Å². The maximum absolute atomic E-state index is 9.81. The summed E-state index contributed by atoms with van der Waals surface area (Å²) in [6.07, 6.45) is 7.38. The predicted molar refractivity (Wildman–Crippen MR) is 87.9 cm³/mol. The lowest BCUT2D eigenvalue weighted by molar-refractivity contribution is -0.0777. The summed E-state index contributed by atoms with van der Waals surface area (Å²) in [5.41, 5.74) is -0.352. The molecule has 0 radical (unpaired) electrons. The molecule has 23 heavy (non-hydrogen) atoms. The van der Waals surface area contributed by atoms with Gasteiger partial charge in [-0.2, -0.15) is 0 Å². The van der Waals surface area contributed by atoms with E-state index in [2.05, 4.69) is 0 Å². The highest BCUT2D eigenvalue weighted by Gasteiger charge is 2.38. The van der Waals surface area contributed by atoms with Crippen molar-refractivity contribution >= 4 is 0 Å². The van der Waals surface area contributed by atoms with Crippen LogP contribution in [0.2, 0.25) is 0 Å². The molecule has 2 saturated carbocycles. The highest BCUT2D eigenvalue weighted by molar-refractivity contribution is 4.88. The second-order valence-electron chi connectivity index (χ2n) is 8.06. The highest BCUT2D eigenvalue weighted by atomic mass is 16.5. The second kappa shape index (κ2) is 8.77. The van der Waals surface area contributed by atoms with Crippen molar-refractivity contribution in [2.75, 3.05) is 39.6 Å². The zero-order chi connectivity index (χ0) is 16.8. The minimum absolute atomic E-state index is 0.129. The maximum Gasteiger partial charge on any atom is 0.0544 e. The van der Waals surface area contributed by atoms with Gasteiger partial charge < -0.3 is 25.2 Å². The fourth-order valence-electron chi connectivity index (χ4n) is 4.13. The monoisotopic (exact) mass is 330 g/mol. The van der Waals surface area contributed by atoms with Crippen LogP contribution in [0.15, 0.2) is 0 Å². The Morgan fingerprint density at radius 1 is 0.652 bits per heavy atom. The summed E-state index contributed by atoms with van der Waals surface area (Å²) in [7, 11) is 0. The standard InChI is InChI=1S/C18H34O5/c19-9-15-1-5-17(11-21,6-2-15)13-23-14-18(12-22)7-3-16(10-20)4-8-18/h15-16,19-22H,1-14H2. The van der Waals surface area contributed by atoms with Crippen molar-refractivity contribution in [1.82, 2.24) is 0 Å². The van der Waals surface area contributed by atoms with Crippen molar-refractivity contribution in [3.8, 4) is 0 Å². The average molecular weight is 330 g/mol. The third-order valence-corrected chi connectivity index (χ3v) is 6.34. The molecule has 4 N–H and O–H groups in total. The first kappa shape index (κ1) is 19.1. The van der Waals surface area contributed by atoms with E-state index in [-0.39, 0.29) is 37.3 Å². The molecule has 0 aromatic heterocycles. The van der Waals surface area contributed by atoms with Gasteiger partial charge in [0, 0.05) is 24.0 Å². The van der Waals surface area contributed by atoms with Crippen LogP contribution in [0.5, 0.6) is 0 Å². The molecular formula is C18H34O5. The van der Waals surface area contributed by atoms with Gasteiger partial charge in [0.1, 0.15) is 0 Å². The Morgan fingerprint density at radius 3 is 1.26 bits per heavy atom. The number of rotatable bonds is 8. The molecule has 0 aromatic carbocycles. The van der Waals surface area contributed by atoms with Gasteiger partial charge in [0.25, 0.3) is 0 Å². The van der Waals surface area contributed by atoms with Crippen LogP contribution >= 0.6 is 0 Å². The molecule has 0 saturated heterocycles. The Bertz CT molecular complexity index is 298. The molecule has 0 aromatic rings. The third kappa shape index (κ3) is 4.89. The van der Waals surface area contributed by atoms with Crippen LogP contribution in [0.25, 0.3) is 0 Å². The topological polar surface area (TPSA) is 90.2 Å². The number of aliphatic hydroxyl groups is 4. The number of ether oxygens (including phenoxy) is 1. The average Bonchev–Trinajstić information content (AvgIpc) is 2.63.